The van der Waals surface area contributed by atoms with Crippen LogP contribution in [0.4, 0.5) is 13.2 Å². The quantitative estimate of drug-likeness (QED) is 0.808. The fraction of sp³-hybridized carbons (Fsp3) is 0.182. The van der Waals surface area contributed by atoms with Crippen LogP contribution in [0.15, 0.2) is 29.8 Å². The Morgan fingerprint density at radius 3 is 2.50 bits per heavy atom. The van der Waals surface area contributed by atoms with Crippen molar-refractivity contribution in [1.82, 2.24) is 0 Å². The van der Waals surface area contributed by atoms with Crippen molar-refractivity contribution in [3.05, 3.63) is 35.4 Å². The van der Waals surface area contributed by atoms with Crippen molar-refractivity contribution in [2.24, 2.45) is 0 Å². The molecule has 96 valence electrons. The van der Waals surface area contributed by atoms with Crippen molar-refractivity contribution in [3.8, 4) is 5.75 Å². The Labute approximate surface area is 108 Å². The zero-order valence-corrected chi connectivity index (χ0v) is 10.2. The third kappa shape index (κ3) is 1.88. The number of carboxylic acid groups (broad SMARTS) is 1. The van der Waals surface area contributed by atoms with E-state index in [-0.39, 0.29) is 11.3 Å². The summed E-state index contributed by atoms with van der Waals surface area (Å²) < 4.78 is 40.6. The lowest BCUT2D eigenvalue weighted by molar-refractivity contribution is -0.198. The molecule has 3 nitrogen and oxygen atoms in total. The lowest BCUT2D eigenvalue weighted by Crippen LogP contribution is -2.49. The highest BCUT2D eigenvalue weighted by atomic mass is 79.9. The molecule has 2 rings (SSSR count). The topological polar surface area (TPSA) is 46.5 Å². The van der Waals surface area contributed by atoms with Crippen LogP contribution in [0.5, 0.6) is 5.75 Å². The van der Waals surface area contributed by atoms with Crippen LogP contribution in [-0.4, -0.2) is 21.8 Å². The van der Waals surface area contributed by atoms with E-state index in [1.807, 2.05) is 0 Å². The van der Waals surface area contributed by atoms with Gasteiger partial charge < -0.3 is 9.84 Å². The van der Waals surface area contributed by atoms with Gasteiger partial charge in [-0.25, -0.2) is 4.79 Å². The van der Waals surface area contributed by atoms with E-state index in [1.165, 1.54) is 18.2 Å². The van der Waals surface area contributed by atoms with Gasteiger partial charge in [0.1, 0.15) is 11.3 Å². The zero-order chi connectivity index (χ0) is 13.6. The van der Waals surface area contributed by atoms with Gasteiger partial charge in [-0.15, -0.1) is 0 Å². The summed E-state index contributed by atoms with van der Waals surface area (Å²) in [5, 5.41) is 8.88. The summed E-state index contributed by atoms with van der Waals surface area (Å²) in [6.07, 6.45) is -3.95. The molecule has 1 unspecified atom stereocenters. The molecule has 1 aromatic rings. The van der Waals surface area contributed by atoms with Crippen LogP contribution >= 0.6 is 15.9 Å². The Morgan fingerprint density at radius 2 is 1.94 bits per heavy atom. The lowest BCUT2D eigenvalue weighted by Gasteiger charge is -2.34. The maximum absolute atomic E-state index is 13.0. The van der Waals surface area contributed by atoms with Crippen LogP contribution in [0.3, 0.4) is 0 Å². The fourth-order valence-corrected chi connectivity index (χ4v) is 2.02. The second-order valence-corrected chi connectivity index (χ2v) is 4.71. The molecule has 0 aliphatic carbocycles. The molecule has 18 heavy (non-hydrogen) atoms. The summed E-state index contributed by atoms with van der Waals surface area (Å²) in [4.78, 5) is 10.9. The van der Waals surface area contributed by atoms with Crippen molar-refractivity contribution in [2.75, 3.05) is 0 Å². The van der Waals surface area contributed by atoms with Crippen LogP contribution < -0.4 is 4.74 Å². The molecule has 0 saturated heterocycles. The number of benzene rings is 1. The maximum Gasteiger partial charge on any atom is 0.443 e. The van der Waals surface area contributed by atoms with Crippen LogP contribution in [0.25, 0.3) is 6.08 Å². The molecule has 0 radical (unpaired) electrons. The standard InChI is InChI=1S/C11H6BrF3O3/c12-10(11(13,14)15)7(9(16)17)5-6-3-1-2-4-8(6)18-10/h1-5H,(H,16,17). The maximum atomic E-state index is 13.0. The minimum Gasteiger partial charge on any atom is -0.478 e. The van der Waals surface area contributed by atoms with E-state index in [0.717, 1.165) is 6.08 Å². The normalized spacial score (nSPS) is 22.8. The zero-order valence-electron chi connectivity index (χ0n) is 8.66. The Morgan fingerprint density at radius 1 is 1.33 bits per heavy atom. The van der Waals surface area contributed by atoms with Gasteiger partial charge in [-0.05, 0) is 28.1 Å². The Hall–Kier alpha value is -1.50. The molecule has 7 heteroatoms. The predicted molar refractivity (Wildman–Crippen MR) is 60.4 cm³/mol. The van der Waals surface area contributed by atoms with E-state index < -0.39 is 22.2 Å². The monoisotopic (exact) mass is 322 g/mol. The van der Waals surface area contributed by atoms with Crippen LogP contribution in [-0.2, 0) is 4.79 Å². The summed E-state index contributed by atoms with van der Waals surface area (Å²) in [6, 6.07) is 5.89. The van der Waals surface area contributed by atoms with Gasteiger partial charge in [-0.3, -0.25) is 0 Å². The molecule has 1 aliphatic rings. The number of carbonyl (C=O) groups is 1. The van der Waals surface area contributed by atoms with Crippen molar-refractivity contribution in [3.63, 3.8) is 0 Å². The molecular formula is C11H6BrF3O3. The van der Waals surface area contributed by atoms with Gasteiger partial charge in [0.2, 0.25) is 0 Å². The van der Waals surface area contributed by atoms with Crippen molar-refractivity contribution >= 4 is 28.0 Å². The average molecular weight is 323 g/mol. The van der Waals surface area contributed by atoms with E-state index in [2.05, 4.69) is 15.9 Å². The molecule has 1 aromatic carbocycles. The minimum atomic E-state index is -4.90. The lowest BCUT2D eigenvalue weighted by atomic mass is 10.0. The Balaban J connectivity index is 2.63. The summed E-state index contributed by atoms with van der Waals surface area (Å²) >= 11 is 2.36. The molecule has 1 N–H and O–H groups in total. The Bertz CT molecular complexity index is 539. The minimum absolute atomic E-state index is 0.0308. The highest BCUT2D eigenvalue weighted by Crippen LogP contribution is 2.48. The summed E-state index contributed by atoms with van der Waals surface area (Å²) in [5.41, 5.74) is -0.622. The SMILES string of the molecule is O=C(O)C1=Cc2ccccc2OC1(Br)C(F)(F)F. The van der Waals surface area contributed by atoms with Gasteiger partial charge in [0.15, 0.2) is 0 Å². The van der Waals surface area contributed by atoms with E-state index in [4.69, 9.17) is 9.84 Å². The van der Waals surface area contributed by atoms with E-state index in [9.17, 15) is 18.0 Å². The first-order valence-electron chi connectivity index (χ1n) is 4.75. The molecular weight excluding hydrogens is 317 g/mol. The molecule has 1 heterocycles. The van der Waals surface area contributed by atoms with Gasteiger partial charge in [-0.2, -0.15) is 13.2 Å². The Kier molecular flexibility index (Phi) is 2.89. The molecule has 0 amide bonds. The van der Waals surface area contributed by atoms with E-state index in [0.29, 0.717) is 0 Å². The number of ether oxygens (including phenoxy) is 1. The molecule has 0 saturated carbocycles. The molecule has 0 spiro atoms. The third-order valence-electron chi connectivity index (χ3n) is 2.41. The number of carboxylic acids is 1. The number of rotatable bonds is 1. The van der Waals surface area contributed by atoms with Gasteiger partial charge >= 0.3 is 12.1 Å². The van der Waals surface area contributed by atoms with Gasteiger partial charge in [0, 0.05) is 5.56 Å². The number of hydrogen-bond donors (Lipinski definition) is 1. The van der Waals surface area contributed by atoms with E-state index >= 15 is 0 Å². The number of alkyl halides is 4. The molecule has 0 fully saturated rings. The predicted octanol–water partition coefficient (Wildman–Crippen LogP) is 3.20. The molecule has 0 aromatic heterocycles. The first-order valence-corrected chi connectivity index (χ1v) is 5.54. The van der Waals surface area contributed by atoms with Crippen molar-refractivity contribution in [2.45, 2.75) is 10.7 Å². The first-order chi connectivity index (χ1) is 8.25. The molecule has 1 aliphatic heterocycles. The van der Waals surface area contributed by atoms with Crippen LogP contribution in [0.1, 0.15) is 5.56 Å². The number of hydrogen-bond acceptors (Lipinski definition) is 2. The molecule has 1 atom stereocenters. The van der Waals surface area contributed by atoms with Gasteiger partial charge in [0.05, 0.1) is 0 Å². The number of fused-ring (bicyclic) bond motifs is 1. The highest BCUT2D eigenvalue weighted by molar-refractivity contribution is 9.10. The van der Waals surface area contributed by atoms with Crippen LogP contribution in [0, 0.1) is 0 Å². The third-order valence-corrected chi connectivity index (χ3v) is 3.45. The van der Waals surface area contributed by atoms with Crippen molar-refractivity contribution < 1.29 is 27.8 Å². The van der Waals surface area contributed by atoms with Crippen LogP contribution in [0.2, 0.25) is 0 Å². The number of para-hydroxylation sites is 1. The summed E-state index contributed by atoms with van der Waals surface area (Å²) in [5.74, 6) is -1.73. The highest BCUT2D eigenvalue weighted by Gasteiger charge is 2.61. The number of aliphatic carboxylic acids is 1. The van der Waals surface area contributed by atoms with E-state index in [1.54, 1.807) is 6.07 Å². The second kappa shape index (κ2) is 4.01. The second-order valence-electron chi connectivity index (χ2n) is 3.60. The van der Waals surface area contributed by atoms with Gasteiger partial charge in [-0.1, -0.05) is 18.2 Å². The van der Waals surface area contributed by atoms with Gasteiger partial charge in [0.25, 0.3) is 4.51 Å². The first kappa shape index (κ1) is 12.9. The van der Waals surface area contributed by atoms with Crippen molar-refractivity contribution in [1.29, 1.82) is 0 Å². The smallest absolute Gasteiger partial charge is 0.443 e. The largest absolute Gasteiger partial charge is 0.478 e. The fourth-order valence-electron chi connectivity index (χ4n) is 1.56. The average Bonchev–Trinajstić information content (AvgIpc) is 2.26. The summed E-state index contributed by atoms with van der Waals surface area (Å²) in [6.45, 7) is 0. The summed E-state index contributed by atoms with van der Waals surface area (Å²) in [7, 11) is 0. The number of halogens is 4. The molecule has 0 bridgehead atoms.